The Hall–Kier alpha value is -2.01. The number of para-hydroxylation sites is 1. The fourth-order valence-electron chi connectivity index (χ4n) is 1.27. The van der Waals surface area contributed by atoms with Crippen LogP contribution in [-0.2, 0) is 19.5 Å². The molecular formula is C11H8N4O2Zn. The number of hydrogen-bond donors (Lipinski definition) is 0. The molecule has 6 nitrogen and oxygen atoms in total. The van der Waals surface area contributed by atoms with Crippen molar-refractivity contribution < 1.29 is 24.4 Å². The molecule has 0 aliphatic heterocycles. The molecule has 2 heterocycles. The van der Waals surface area contributed by atoms with Crippen LogP contribution >= 0.6 is 0 Å². The number of benzene rings is 1. The Morgan fingerprint density at radius 1 is 1.11 bits per heavy atom. The van der Waals surface area contributed by atoms with Crippen molar-refractivity contribution in [3.05, 3.63) is 59.0 Å². The third kappa shape index (κ3) is 3.50. The summed E-state index contributed by atoms with van der Waals surface area (Å²) < 4.78 is 0. The Bertz CT molecular complexity index is 576. The van der Waals surface area contributed by atoms with Crippen LogP contribution in [0.3, 0.4) is 0 Å². The van der Waals surface area contributed by atoms with Crippen LogP contribution in [0, 0.1) is 10.1 Å². The molecule has 0 saturated carbocycles. The minimum atomic E-state index is -0.639. The quantitative estimate of drug-likeness (QED) is 0.387. The smallest absolute Gasteiger partial charge is 0.664 e. The Morgan fingerprint density at radius 2 is 1.89 bits per heavy atom. The van der Waals surface area contributed by atoms with E-state index >= 15 is 0 Å². The molecule has 0 bridgehead atoms. The summed E-state index contributed by atoms with van der Waals surface area (Å²) in [5, 5.41) is 11.0. The normalized spacial score (nSPS) is 9.11. The predicted octanol–water partition coefficient (Wildman–Crippen LogP) is 1.74. The summed E-state index contributed by atoms with van der Waals surface area (Å²) in [7, 11) is 0. The maximum absolute atomic E-state index is 9.74. The molecule has 86 valence electrons. The standard InChI is InChI=1S/C8H6N.C3H2N3O2.Zn/c1-2-4-8-7(3-1)5-6-9-8;7-6(8)3-4-1-2-5-3;/h1-6H;1-2H;/q2*-1;+2. The molecule has 0 radical (unpaired) electrons. The Kier molecular flexibility index (Phi) is 5.20. The van der Waals surface area contributed by atoms with Crippen molar-refractivity contribution in [1.29, 1.82) is 0 Å². The van der Waals surface area contributed by atoms with Crippen molar-refractivity contribution in [3.8, 4) is 0 Å². The van der Waals surface area contributed by atoms with Crippen LogP contribution in [0.1, 0.15) is 0 Å². The molecule has 0 N–H and O–H groups in total. The van der Waals surface area contributed by atoms with Crippen LogP contribution in [0.25, 0.3) is 10.9 Å². The molecule has 0 aliphatic rings. The number of nitro groups is 1. The van der Waals surface area contributed by atoms with Gasteiger partial charge in [-0.1, -0.05) is 30.3 Å². The first-order valence-electron chi connectivity index (χ1n) is 4.82. The molecule has 0 amide bonds. The summed E-state index contributed by atoms with van der Waals surface area (Å²) in [4.78, 5) is 19.8. The minimum Gasteiger partial charge on any atom is -0.664 e. The zero-order valence-corrected chi connectivity index (χ0v) is 12.4. The SMILES string of the molecule is O=[N+]([O-])c1ncc[n-]1.[Zn+2].c1ccc2[n-]ccc2c1. The molecule has 0 fully saturated rings. The van der Waals surface area contributed by atoms with Crippen LogP contribution in [0.15, 0.2) is 48.9 Å². The van der Waals surface area contributed by atoms with Crippen molar-refractivity contribution in [3.63, 3.8) is 0 Å². The molecule has 1 aromatic carbocycles. The van der Waals surface area contributed by atoms with Gasteiger partial charge in [0.2, 0.25) is 0 Å². The van der Waals surface area contributed by atoms with Crippen molar-refractivity contribution in [1.82, 2.24) is 15.0 Å². The number of aromatic nitrogens is 3. The molecule has 0 atom stereocenters. The summed E-state index contributed by atoms with van der Waals surface area (Å²) in [5.74, 6) is -0.343. The summed E-state index contributed by atoms with van der Waals surface area (Å²) in [6, 6.07) is 10.1. The topological polar surface area (TPSA) is 84.2 Å². The van der Waals surface area contributed by atoms with E-state index in [0.29, 0.717) is 0 Å². The molecular weight excluding hydrogens is 286 g/mol. The van der Waals surface area contributed by atoms with Crippen LogP contribution in [-0.4, -0.2) is 9.91 Å². The average molecular weight is 294 g/mol. The van der Waals surface area contributed by atoms with Gasteiger partial charge in [0.05, 0.1) is 0 Å². The Morgan fingerprint density at radius 3 is 2.44 bits per heavy atom. The maximum Gasteiger partial charge on any atom is 2.00 e. The van der Waals surface area contributed by atoms with Gasteiger partial charge in [-0.2, -0.15) is 11.1 Å². The van der Waals surface area contributed by atoms with Crippen LogP contribution in [0.4, 0.5) is 5.95 Å². The van der Waals surface area contributed by atoms with E-state index < -0.39 is 4.92 Å². The van der Waals surface area contributed by atoms with Gasteiger partial charge in [0.25, 0.3) is 5.95 Å². The minimum absolute atomic E-state index is 0. The summed E-state index contributed by atoms with van der Waals surface area (Å²) in [6.07, 6.45) is 4.38. The number of fused-ring (bicyclic) bond motifs is 1. The first kappa shape index (κ1) is 14.1. The summed E-state index contributed by atoms with van der Waals surface area (Å²) in [6.45, 7) is 0. The fraction of sp³-hybridized carbons (Fsp3) is 0. The monoisotopic (exact) mass is 292 g/mol. The van der Waals surface area contributed by atoms with Gasteiger partial charge in [-0.3, -0.25) is 0 Å². The number of hydrogen-bond acceptors (Lipinski definition) is 3. The average Bonchev–Trinajstić information content (AvgIpc) is 3.01. The van der Waals surface area contributed by atoms with Gasteiger partial charge in [0, 0.05) is 12.4 Å². The van der Waals surface area contributed by atoms with Gasteiger partial charge in [-0.15, -0.1) is 5.52 Å². The second-order valence-corrected chi connectivity index (χ2v) is 3.12. The van der Waals surface area contributed by atoms with Crippen LogP contribution in [0.2, 0.25) is 0 Å². The van der Waals surface area contributed by atoms with E-state index in [-0.39, 0.29) is 25.4 Å². The predicted molar refractivity (Wildman–Crippen MR) is 61.5 cm³/mol. The zero-order chi connectivity index (χ0) is 12.1. The van der Waals surface area contributed by atoms with E-state index in [4.69, 9.17) is 0 Å². The number of imidazole rings is 1. The molecule has 0 aliphatic carbocycles. The van der Waals surface area contributed by atoms with Gasteiger partial charge in [0.15, 0.2) is 0 Å². The molecule has 3 aromatic rings. The van der Waals surface area contributed by atoms with Crippen molar-refractivity contribution in [2.24, 2.45) is 0 Å². The summed E-state index contributed by atoms with van der Waals surface area (Å²) >= 11 is 0. The second-order valence-electron chi connectivity index (χ2n) is 3.12. The van der Waals surface area contributed by atoms with E-state index in [2.05, 4.69) is 21.0 Å². The molecule has 7 heteroatoms. The van der Waals surface area contributed by atoms with Crippen LogP contribution < -0.4 is 9.97 Å². The van der Waals surface area contributed by atoms with E-state index in [1.807, 2.05) is 30.5 Å². The van der Waals surface area contributed by atoms with Gasteiger partial charge >= 0.3 is 19.5 Å². The largest absolute Gasteiger partial charge is 2.00 e. The Labute approximate surface area is 115 Å². The number of rotatable bonds is 1. The molecule has 0 unspecified atom stereocenters. The maximum atomic E-state index is 9.74. The summed E-state index contributed by atoms with van der Waals surface area (Å²) in [5.41, 5.74) is 1.08. The molecule has 3 rings (SSSR count). The van der Waals surface area contributed by atoms with E-state index in [1.165, 1.54) is 17.8 Å². The molecule has 2 aromatic heterocycles. The fourth-order valence-corrected chi connectivity index (χ4v) is 1.27. The number of nitrogens with zero attached hydrogens (tertiary/aromatic N) is 4. The van der Waals surface area contributed by atoms with Gasteiger partial charge < -0.3 is 15.1 Å². The molecule has 18 heavy (non-hydrogen) atoms. The third-order valence-corrected chi connectivity index (χ3v) is 2.01. The van der Waals surface area contributed by atoms with E-state index in [0.717, 1.165) is 5.52 Å². The molecule has 0 saturated heterocycles. The second kappa shape index (κ2) is 6.66. The van der Waals surface area contributed by atoms with Gasteiger partial charge in [-0.05, 0) is 5.39 Å². The Balaban J connectivity index is 0.000000172. The first-order chi connectivity index (χ1) is 8.27. The van der Waals surface area contributed by atoms with E-state index in [9.17, 15) is 10.1 Å². The zero-order valence-electron chi connectivity index (χ0n) is 9.43. The third-order valence-electron chi connectivity index (χ3n) is 2.01. The molecule has 0 spiro atoms. The van der Waals surface area contributed by atoms with Crippen molar-refractivity contribution >= 4 is 16.9 Å². The van der Waals surface area contributed by atoms with Crippen LogP contribution in [0.5, 0.6) is 0 Å². The van der Waals surface area contributed by atoms with Crippen molar-refractivity contribution in [2.45, 2.75) is 0 Å². The first-order valence-corrected chi connectivity index (χ1v) is 4.82. The van der Waals surface area contributed by atoms with Crippen molar-refractivity contribution in [2.75, 3.05) is 0 Å². The van der Waals surface area contributed by atoms with Gasteiger partial charge in [0.1, 0.15) is 0 Å². The van der Waals surface area contributed by atoms with Gasteiger partial charge in [-0.25, -0.2) is 9.97 Å². The van der Waals surface area contributed by atoms with E-state index in [1.54, 1.807) is 0 Å².